The molecule has 3 saturated heterocycles. The lowest BCUT2D eigenvalue weighted by Crippen LogP contribution is -2.47. The van der Waals surface area contributed by atoms with E-state index < -0.39 is 15.4 Å². The number of hydrogen-bond acceptors (Lipinski definition) is 8. The first-order valence-corrected chi connectivity index (χ1v) is 14.0. The number of esters is 1. The topological polar surface area (TPSA) is 136 Å². The van der Waals surface area contributed by atoms with Crippen LogP contribution in [0.5, 0.6) is 0 Å². The molecule has 5 rings (SSSR count). The van der Waals surface area contributed by atoms with Crippen molar-refractivity contribution in [1.29, 1.82) is 0 Å². The smallest absolute Gasteiger partial charge is 0.312 e. The number of aryl methyl sites for hydroxylation is 1. The van der Waals surface area contributed by atoms with Gasteiger partial charge in [0.2, 0.25) is 0 Å². The van der Waals surface area contributed by atoms with Gasteiger partial charge < -0.3 is 19.7 Å². The fourth-order valence-electron chi connectivity index (χ4n) is 5.40. The van der Waals surface area contributed by atoms with Gasteiger partial charge in [-0.3, -0.25) is 14.5 Å². The van der Waals surface area contributed by atoms with Crippen LogP contribution in [0.25, 0.3) is 0 Å². The zero-order chi connectivity index (χ0) is 26.5. The van der Waals surface area contributed by atoms with E-state index in [1.54, 1.807) is 0 Å². The number of aromatic nitrogens is 2. The fourth-order valence-corrected chi connectivity index (χ4v) is 6.73. The van der Waals surface area contributed by atoms with E-state index in [4.69, 9.17) is 14.6 Å². The summed E-state index contributed by atoms with van der Waals surface area (Å²) in [5.74, 6) is -0.153. The third kappa shape index (κ3) is 6.13. The Kier molecular flexibility index (Phi) is 8.50. The summed E-state index contributed by atoms with van der Waals surface area (Å²) >= 11 is 0. The number of carbonyl (C=O) groups excluding carboxylic acids is 1. The number of piperidine rings is 1. The molecule has 37 heavy (non-hydrogen) atoms. The van der Waals surface area contributed by atoms with Crippen molar-refractivity contribution in [2.24, 2.45) is 5.41 Å². The summed E-state index contributed by atoms with van der Waals surface area (Å²) in [5.41, 5.74) is 2.00. The van der Waals surface area contributed by atoms with Gasteiger partial charge in [-0.25, -0.2) is 13.4 Å². The molecular formula is C25H35N5O6S. The molecule has 0 aliphatic carbocycles. The summed E-state index contributed by atoms with van der Waals surface area (Å²) in [6.07, 6.45) is 5.12. The second-order valence-corrected chi connectivity index (χ2v) is 11.8. The van der Waals surface area contributed by atoms with Gasteiger partial charge in [0.15, 0.2) is 5.03 Å². The second-order valence-electron chi connectivity index (χ2n) is 9.89. The van der Waals surface area contributed by atoms with Crippen molar-refractivity contribution < 1.29 is 27.9 Å². The molecular weight excluding hydrogens is 498 g/mol. The van der Waals surface area contributed by atoms with Gasteiger partial charge in [0.25, 0.3) is 16.5 Å². The van der Waals surface area contributed by atoms with Crippen LogP contribution >= 0.6 is 0 Å². The molecule has 4 heterocycles. The Morgan fingerprint density at radius 1 is 1.14 bits per heavy atom. The van der Waals surface area contributed by atoms with Crippen LogP contribution in [0.1, 0.15) is 31.2 Å². The number of cyclic esters (lactones) is 1. The molecule has 1 aromatic carbocycles. The molecule has 0 radical (unpaired) electrons. The molecule has 1 aromatic heterocycles. The molecule has 0 amide bonds. The number of sulfonamides is 1. The molecule has 202 valence electrons. The number of carbonyl (C=O) groups is 2. The molecule has 3 aliphatic rings. The third-order valence-corrected chi connectivity index (χ3v) is 9.46. The molecule has 3 fully saturated rings. The standard InChI is InChI=1S/C24H33N5O4S.CH2O2/c1-19-2-4-20(5-3-19)28-14-12-27(13-15-28)9-6-21-16-24(23(30)33-21)7-10-29(11-8-24)34(31,32)22-17-25-18-26-22;2-1-3/h2-5,17-18,21H,6-16H2,1H3,(H,25,26);1H,(H,2,3). The van der Waals surface area contributed by atoms with E-state index in [1.807, 2.05) is 0 Å². The number of carboxylic acid groups (broad SMARTS) is 1. The van der Waals surface area contributed by atoms with Crippen LogP contribution < -0.4 is 4.90 Å². The molecule has 11 nitrogen and oxygen atoms in total. The van der Waals surface area contributed by atoms with Crippen LogP contribution in [0.4, 0.5) is 5.69 Å². The summed E-state index contributed by atoms with van der Waals surface area (Å²) in [5, 5.41) is 6.98. The molecule has 1 atom stereocenters. The van der Waals surface area contributed by atoms with Gasteiger partial charge in [-0.15, -0.1) is 0 Å². The van der Waals surface area contributed by atoms with Crippen LogP contribution in [0.15, 0.2) is 41.8 Å². The minimum absolute atomic E-state index is 0.0848. The Labute approximate surface area is 217 Å². The van der Waals surface area contributed by atoms with E-state index in [9.17, 15) is 13.2 Å². The highest BCUT2D eigenvalue weighted by Crippen LogP contribution is 2.44. The maximum Gasteiger partial charge on any atom is 0.312 e. The van der Waals surface area contributed by atoms with Gasteiger partial charge in [0.05, 0.1) is 17.9 Å². The van der Waals surface area contributed by atoms with Crippen molar-refractivity contribution in [2.45, 2.75) is 43.7 Å². The maximum absolute atomic E-state index is 12.8. The van der Waals surface area contributed by atoms with Crippen molar-refractivity contribution in [2.75, 3.05) is 50.7 Å². The van der Waals surface area contributed by atoms with Crippen LogP contribution in [-0.2, 0) is 24.3 Å². The first-order valence-electron chi connectivity index (χ1n) is 12.6. The molecule has 3 aliphatic heterocycles. The molecule has 1 unspecified atom stereocenters. The summed E-state index contributed by atoms with van der Waals surface area (Å²) < 4.78 is 32.7. The molecule has 1 spiro atoms. The highest BCUT2D eigenvalue weighted by molar-refractivity contribution is 7.89. The van der Waals surface area contributed by atoms with Gasteiger partial charge in [0.1, 0.15) is 6.10 Å². The number of nitrogens with zero attached hydrogens (tertiary/aromatic N) is 4. The predicted molar refractivity (Wildman–Crippen MR) is 137 cm³/mol. The van der Waals surface area contributed by atoms with Crippen LogP contribution in [0, 0.1) is 12.3 Å². The number of imidazole rings is 1. The Morgan fingerprint density at radius 2 is 1.78 bits per heavy atom. The highest BCUT2D eigenvalue weighted by atomic mass is 32.2. The lowest BCUT2D eigenvalue weighted by molar-refractivity contribution is -0.150. The van der Waals surface area contributed by atoms with E-state index in [0.29, 0.717) is 32.4 Å². The summed E-state index contributed by atoms with van der Waals surface area (Å²) in [7, 11) is -3.59. The Hall–Kier alpha value is -2.96. The van der Waals surface area contributed by atoms with E-state index in [-0.39, 0.29) is 23.6 Å². The van der Waals surface area contributed by atoms with Crippen molar-refractivity contribution >= 4 is 28.2 Å². The maximum atomic E-state index is 12.8. The van der Waals surface area contributed by atoms with E-state index in [2.05, 4.69) is 51.0 Å². The lowest BCUT2D eigenvalue weighted by atomic mass is 9.76. The minimum Gasteiger partial charge on any atom is -0.483 e. The van der Waals surface area contributed by atoms with Gasteiger partial charge in [-0.05, 0) is 38.3 Å². The van der Waals surface area contributed by atoms with Crippen molar-refractivity contribution in [3.8, 4) is 0 Å². The first-order chi connectivity index (χ1) is 17.8. The van der Waals surface area contributed by atoms with Gasteiger partial charge in [-0.1, -0.05) is 17.7 Å². The Morgan fingerprint density at radius 3 is 2.38 bits per heavy atom. The number of aromatic amines is 1. The van der Waals surface area contributed by atoms with Crippen LogP contribution in [0.2, 0.25) is 0 Å². The molecule has 0 saturated carbocycles. The van der Waals surface area contributed by atoms with Crippen molar-refractivity contribution in [3.63, 3.8) is 0 Å². The zero-order valence-electron chi connectivity index (χ0n) is 21.1. The number of H-pyrrole nitrogens is 1. The normalized spacial score (nSPS) is 22.4. The van der Waals surface area contributed by atoms with E-state index in [1.165, 1.54) is 28.1 Å². The van der Waals surface area contributed by atoms with Crippen molar-refractivity contribution in [1.82, 2.24) is 19.2 Å². The van der Waals surface area contributed by atoms with Gasteiger partial charge in [0, 0.05) is 57.9 Å². The summed E-state index contributed by atoms with van der Waals surface area (Å²) in [4.78, 5) is 32.5. The van der Waals surface area contributed by atoms with Gasteiger partial charge >= 0.3 is 5.97 Å². The number of anilines is 1. The van der Waals surface area contributed by atoms with Gasteiger partial charge in [-0.2, -0.15) is 4.31 Å². The largest absolute Gasteiger partial charge is 0.483 e. The number of hydrogen-bond donors (Lipinski definition) is 2. The lowest BCUT2D eigenvalue weighted by Gasteiger charge is -2.36. The molecule has 12 heteroatoms. The number of ether oxygens (including phenoxy) is 1. The Balaban J connectivity index is 0.00000102. The number of nitrogens with one attached hydrogen (secondary N) is 1. The van der Waals surface area contributed by atoms with Crippen LogP contribution in [-0.4, -0.2) is 97.1 Å². The highest BCUT2D eigenvalue weighted by Gasteiger charge is 2.51. The summed E-state index contributed by atoms with van der Waals surface area (Å²) in [6.45, 7) is 7.41. The van der Waals surface area contributed by atoms with E-state index >= 15 is 0 Å². The monoisotopic (exact) mass is 533 g/mol. The third-order valence-electron chi connectivity index (χ3n) is 7.63. The second kappa shape index (κ2) is 11.6. The SMILES string of the molecule is Cc1ccc(N2CCN(CCC3CC4(CCN(S(=O)(=O)c5cnc[nH]5)CC4)C(=O)O3)CC2)cc1.O=CO. The molecule has 2 aromatic rings. The van der Waals surface area contributed by atoms with E-state index in [0.717, 1.165) is 39.1 Å². The summed E-state index contributed by atoms with van der Waals surface area (Å²) in [6, 6.07) is 8.69. The average molecular weight is 534 g/mol. The molecule has 0 bridgehead atoms. The average Bonchev–Trinajstić information content (AvgIpc) is 3.54. The minimum atomic E-state index is -3.59. The number of piperazine rings is 1. The fraction of sp³-hybridized carbons (Fsp3) is 0.560. The predicted octanol–water partition coefficient (Wildman–Crippen LogP) is 1.72. The number of rotatable bonds is 6. The Bertz CT molecular complexity index is 1140. The quantitative estimate of drug-likeness (QED) is 0.420. The molecule has 2 N–H and O–H groups in total. The van der Waals surface area contributed by atoms with Crippen molar-refractivity contribution in [3.05, 3.63) is 42.4 Å². The first kappa shape index (κ1) is 27.1. The number of benzene rings is 1. The zero-order valence-corrected chi connectivity index (χ0v) is 21.9. The van der Waals surface area contributed by atoms with Crippen LogP contribution in [0.3, 0.4) is 0 Å².